The van der Waals surface area contributed by atoms with Crippen molar-refractivity contribution in [3.05, 3.63) is 26.6 Å². The number of hydrogen-bond acceptors (Lipinski definition) is 3. The number of rotatable bonds is 2. The van der Waals surface area contributed by atoms with Crippen LogP contribution in [0.3, 0.4) is 0 Å². The van der Waals surface area contributed by atoms with Crippen LogP contribution in [0.5, 0.6) is 0 Å². The largest absolute Gasteiger partial charge is 0.469 e. The Morgan fingerprint density at radius 3 is 2.71 bits per heavy atom. The number of methoxy groups -OCH3 is 1. The predicted octanol–water partition coefficient (Wildman–Crippen LogP) is 2.51. The minimum Gasteiger partial charge on any atom is -0.469 e. The molecule has 14 heavy (non-hydrogen) atoms. The van der Waals surface area contributed by atoms with E-state index in [4.69, 9.17) is 5.73 Å². The maximum absolute atomic E-state index is 11.0. The van der Waals surface area contributed by atoms with Crippen LogP contribution in [-0.2, 0) is 16.0 Å². The first-order valence-corrected chi connectivity index (χ1v) is 5.44. The highest BCUT2D eigenvalue weighted by Gasteiger charge is 2.10. The van der Waals surface area contributed by atoms with E-state index in [2.05, 4.69) is 36.6 Å². The molecule has 0 aromatic heterocycles. The summed E-state index contributed by atoms with van der Waals surface area (Å²) >= 11 is 6.64. The van der Waals surface area contributed by atoms with Gasteiger partial charge in [-0.3, -0.25) is 4.79 Å². The van der Waals surface area contributed by atoms with Gasteiger partial charge in [0, 0.05) is 4.47 Å². The predicted molar refractivity (Wildman–Crippen MR) is 62.0 cm³/mol. The number of ether oxygens (including phenoxy) is 1. The van der Waals surface area contributed by atoms with Crippen molar-refractivity contribution < 1.29 is 9.53 Å². The number of nitrogen functional groups attached to an aromatic ring is 1. The zero-order valence-electron chi connectivity index (χ0n) is 7.51. The third kappa shape index (κ3) is 2.48. The van der Waals surface area contributed by atoms with Gasteiger partial charge < -0.3 is 10.5 Å². The summed E-state index contributed by atoms with van der Waals surface area (Å²) in [4.78, 5) is 11.0. The average molecular weight is 323 g/mol. The lowest BCUT2D eigenvalue weighted by atomic mass is 10.1. The van der Waals surface area contributed by atoms with E-state index in [9.17, 15) is 4.79 Å². The fourth-order valence-corrected chi connectivity index (χ4v) is 1.72. The highest BCUT2D eigenvalue weighted by molar-refractivity contribution is 9.13. The van der Waals surface area contributed by atoms with Crippen molar-refractivity contribution in [2.45, 2.75) is 6.42 Å². The Kier molecular flexibility index (Phi) is 3.95. The maximum Gasteiger partial charge on any atom is 0.310 e. The number of hydrogen-bond donors (Lipinski definition) is 1. The zero-order chi connectivity index (χ0) is 10.7. The van der Waals surface area contributed by atoms with Crippen molar-refractivity contribution in [3.8, 4) is 0 Å². The standard InChI is InChI=1S/C9H9Br2NO2/c1-14-7(13)4-5-2-3-6(10)8(11)9(5)12/h2-3H,4,12H2,1H3. The van der Waals surface area contributed by atoms with Gasteiger partial charge in [0.25, 0.3) is 0 Å². The van der Waals surface area contributed by atoms with E-state index in [-0.39, 0.29) is 12.4 Å². The van der Waals surface area contributed by atoms with Gasteiger partial charge in [-0.25, -0.2) is 0 Å². The Balaban J connectivity index is 3.00. The average Bonchev–Trinajstić information content (AvgIpc) is 2.19. The molecule has 1 aromatic carbocycles. The molecule has 0 aliphatic heterocycles. The van der Waals surface area contributed by atoms with Gasteiger partial charge in [-0.15, -0.1) is 0 Å². The minimum atomic E-state index is -0.300. The fourth-order valence-electron chi connectivity index (χ4n) is 0.988. The molecule has 3 nitrogen and oxygen atoms in total. The van der Waals surface area contributed by atoms with Crippen molar-refractivity contribution in [2.75, 3.05) is 12.8 Å². The Bertz CT molecular complexity index is 366. The number of benzene rings is 1. The molecule has 0 heterocycles. The van der Waals surface area contributed by atoms with Gasteiger partial charge in [0.15, 0.2) is 0 Å². The van der Waals surface area contributed by atoms with E-state index < -0.39 is 0 Å². The van der Waals surface area contributed by atoms with Crippen molar-refractivity contribution in [1.82, 2.24) is 0 Å². The monoisotopic (exact) mass is 321 g/mol. The van der Waals surface area contributed by atoms with Gasteiger partial charge in [0.2, 0.25) is 0 Å². The van der Waals surface area contributed by atoms with Gasteiger partial charge in [-0.2, -0.15) is 0 Å². The molecule has 0 aliphatic carbocycles. The zero-order valence-corrected chi connectivity index (χ0v) is 10.7. The highest BCUT2D eigenvalue weighted by atomic mass is 79.9. The normalized spacial score (nSPS) is 9.93. The highest BCUT2D eigenvalue weighted by Crippen LogP contribution is 2.31. The van der Waals surface area contributed by atoms with E-state index >= 15 is 0 Å². The van der Waals surface area contributed by atoms with E-state index in [1.807, 2.05) is 6.07 Å². The number of carbonyl (C=O) groups excluding carboxylic acids is 1. The Hall–Kier alpha value is -0.550. The van der Waals surface area contributed by atoms with Crippen LogP contribution in [0.1, 0.15) is 5.56 Å². The molecular formula is C9H9Br2NO2. The Morgan fingerprint density at radius 1 is 1.50 bits per heavy atom. The minimum absolute atomic E-state index is 0.189. The summed E-state index contributed by atoms with van der Waals surface area (Å²) in [7, 11) is 1.35. The molecule has 5 heteroatoms. The molecule has 0 spiro atoms. The van der Waals surface area contributed by atoms with Crippen molar-refractivity contribution in [3.63, 3.8) is 0 Å². The van der Waals surface area contributed by atoms with Gasteiger partial charge in [0.1, 0.15) is 0 Å². The van der Waals surface area contributed by atoms with Crippen LogP contribution in [0, 0.1) is 0 Å². The van der Waals surface area contributed by atoms with E-state index in [0.29, 0.717) is 5.69 Å². The van der Waals surface area contributed by atoms with Gasteiger partial charge >= 0.3 is 5.97 Å². The smallest absolute Gasteiger partial charge is 0.310 e. The van der Waals surface area contributed by atoms with Crippen LogP contribution in [0.15, 0.2) is 21.1 Å². The second-order valence-corrected chi connectivity index (χ2v) is 4.33. The molecule has 1 rings (SSSR count). The molecule has 0 amide bonds. The lowest BCUT2D eigenvalue weighted by molar-refractivity contribution is -0.139. The first kappa shape index (κ1) is 11.5. The number of carbonyl (C=O) groups is 1. The quantitative estimate of drug-likeness (QED) is 0.672. The van der Waals surface area contributed by atoms with Crippen LogP contribution >= 0.6 is 31.9 Å². The van der Waals surface area contributed by atoms with E-state index in [1.165, 1.54) is 7.11 Å². The molecule has 0 saturated heterocycles. The molecule has 0 saturated carbocycles. The molecular weight excluding hydrogens is 314 g/mol. The first-order valence-electron chi connectivity index (χ1n) is 3.85. The van der Waals surface area contributed by atoms with Crippen LogP contribution in [0.25, 0.3) is 0 Å². The van der Waals surface area contributed by atoms with Crippen molar-refractivity contribution in [2.24, 2.45) is 0 Å². The molecule has 0 aliphatic rings. The molecule has 0 bridgehead atoms. The number of anilines is 1. The summed E-state index contributed by atoms with van der Waals surface area (Å²) in [5.41, 5.74) is 7.12. The summed E-state index contributed by atoms with van der Waals surface area (Å²) in [5, 5.41) is 0. The molecule has 1 aromatic rings. The summed E-state index contributed by atoms with van der Waals surface area (Å²) in [6.07, 6.45) is 0.189. The summed E-state index contributed by atoms with van der Waals surface area (Å²) in [6.45, 7) is 0. The van der Waals surface area contributed by atoms with Gasteiger partial charge in [-0.05, 0) is 43.5 Å². The molecule has 0 atom stereocenters. The third-order valence-corrected chi connectivity index (χ3v) is 3.83. The van der Waals surface area contributed by atoms with Gasteiger partial charge in [-0.1, -0.05) is 6.07 Å². The first-order chi connectivity index (χ1) is 6.56. The Morgan fingerprint density at radius 2 is 2.14 bits per heavy atom. The van der Waals surface area contributed by atoms with E-state index in [0.717, 1.165) is 14.5 Å². The maximum atomic E-state index is 11.0. The molecule has 2 N–H and O–H groups in total. The van der Waals surface area contributed by atoms with Crippen LogP contribution in [0.2, 0.25) is 0 Å². The molecule has 0 unspecified atom stereocenters. The third-order valence-electron chi connectivity index (χ3n) is 1.79. The molecule has 76 valence electrons. The van der Waals surface area contributed by atoms with Crippen LogP contribution < -0.4 is 5.73 Å². The molecule has 0 radical (unpaired) electrons. The van der Waals surface area contributed by atoms with Crippen molar-refractivity contribution >= 4 is 43.5 Å². The topological polar surface area (TPSA) is 52.3 Å². The second-order valence-electron chi connectivity index (χ2n) is 2.69. The summed E-state index contributed by atoms with van der Waals surface area (Å²) < 4.78 is 6.19. The summed E-state index contributed by atoms with van der Waals surface area (Å²) in [5.74, 6) is -0.300. The lowest BCUT2D eigenvalue weighted by Gasteiger charge is -2.07. The Labute approximate surface area is 98.9 Å². The number of nitrogens with two attached hydrogens (primary N) is 1. The number of halogens is 2. The fraction of sp³-hybridized carbons (Fsp3) is 0.222. The number of esters is 1. The van der Waals surface area contributed by atoms with Crippen LogP contribution in [-0.4, -0.2) is 13.1 Å². The van der Waals surface area contributed by atoms with Crippen molar-refractivity contribution in [1.29, 1.82) is 0 Å². The van der Waals surface area contributed by atoms with Crippen LogP contribution in [0.4, 0.5) is 5.69 Å². The van der Waals surface area contributed by atoms with E-state index in [1.54, 1.807) is 6.07 Å². The SMILES string of the molecule is COC(=O)Cc1ccc(Br)c(Br)c1N. The lowest BCUT2D eigenvalue weighted by Crippen LogP contribution is -2.07. The van der Waals surface area contributed by atoms with Gasteiger partial charge in [0.05, 0.1) is 23.7 Å². The summed E-state index contributed by atoms with van der Waals surface area (Å²) in [6, 6.07) is 3.62. The molecule has 0 fully saturated rings. The second kappa shape index (κ2) is 4.79.